The van der Waals surface area contributed by atoms with Gasteiger partial charge in [0.05, 0.1) is 6.61 Å². The van der Waals surface area contributed by atoms with E-state index in [9.17, 15) is 0 Å². The van der Waals surface area contributed by atoms with Gasteiger partial charge in [0.1, 0.15) is 5.75 Å². The highest BCUT2D eigenvalue weighted by molar-refractivity contribution is 9.10. The predicted molar refractivity (Wildman–Crippen MR) is 87.6 cm³/mol. The van der Waals surface area contributed by atoms with Crippen LogP contribution < -0.4 is 4.74 Å². The zero-order chi connectivity index (χ0) is 14.5. The van der Waals surface area contributed by atoms with Gasteiger partial charge in [-0.15, -0.1) is 0 Å². The highest BCUT2D eigenvalue weighted by atomic mass is 79.9. The van der Waals surface area contributed by atoms with Gasteiger partial charge < -0.3 is 9.47 Å². The lowest BCUT2D eigenvalue weighted by molar-refractivity contribution is -0.106. The molecule has 0 radical (unpaired) electrons. The molecule has 21 heavy (non-hydrogen) atoms. The minimum Gasteiger partial charge on any atom is -0.465 e. The van der Waals surface area contributed by atoms with Gasteiger partial charge in [0, 0.05) is 17.3 Å². The Labute approximate surface area is 134 Å². The number of para-hydroxylation sites is 1. The quantitative estimate of drug-likeness (QED) is 0.780. The molecule has 1 fully saturated rings. The molecule has 110 valence electrons. The summed E-state index contributed by atoms with van der Waals surface area (Å²) in [6, 6.07) is 16.7. The van der Waals surface area contributed by atoms with Gasteiger partial charge in [-0.25, -0.2) is 0 Å². The molecular formula is C18H19BrO2. The Morgan fingerprint density at radius 1 is 1.05 bits per heavy atom. The predicted octanol–water partition coefficient (Wildman–Crippen LogP) is 4.95. The molecule has 1 unspecified atom stereocenters. The van der Waals surface area contributed by atoms with Crippen LogP contribution in [-0.4, -0.2) is 12.9 Å². The number of halogens is 1. The lowest BCUT2D eigenvalue weighted by Crippen LogP contribution is -2.25. The third-order valence-electron chi connectivity index (χ3n) is 3.68. The Hall–Kier alpha value is -1.32. The zero-order valence-electron chi connectivity index (χ0n) is 11.9. The van der Waals surface area contributed by atoms with Crippen molar-refractivity contribution in [1.82, 2.24) is 0 Å². The topological polar surface area (TPSA) is 18.5 Å². The molecule has 1 aliphatic rings. The van der Waals surface area contributed by atoms with E-state index in [1.165, 1.54) is 17.5 Å². The van der Waals surface area contributed by atoms with Crippen molar-refractivity contribution in [3.05, 3.63) is 64.1 Å². The minimum atomic E-state index is -0.0928. The molecular weight excluding hydrogens is 328 g/mol. The van der Waals surface area contributed by atoms with Crippen LogP contribution in [0.4, 0.5) is 0 Å². The summed E-state index contributed by atoms with van der Waals surface area (Å²) < 4.78 is 12.8. The maximum atomic E-state index is 6.05. The van der Waals surface area contributed by atoms with Crippen LogP contribution in [0.25, 0.3) is 0 Å². The van der Waals surface area contributed by atoms with Crippen molar-refractivity contribution >= 4 is 15.9 Å². The summed E-state index contributed by atoms with van der Waals surface area (Å²) in [5, 5.41) is 0. The summed E-state index contributed by atoms with van der Waals surface area (Å²) in [4.78, 5) is 0. The third-order valence-corrected chi connectivity index (χ3v) is 4.21. The first-order chi connectivity index (χ1) is 10.3. The second kappa shape index (κ2) is 7.10. The molecule has 1 saturated heterocycles. The fourth-order valence-corrected chi connectivity index (χ4v) is 2.80. The Bertz CT molecular complexity index is 574. The fourth-order valence-electron chi connectivity index (χ4n) is 2.53. The number of hydrogen-bond donors (Lipinski definition) is 0. The monoisotopic (exact) mass is 346 g/mol. The summed E-state index contributed by atoms with van der Waals surface area (Å²) in [6.45, 7) is 0.805. The van der Waals surface area contributed by atoms with E-state index in [2.05, 4.69) is 52.3 Å². The first kappa shape index (κ1) is 14.6. The molecule has 1 aliphatic heterocycles. The average molecular weight is 347 g/mol. The summed E-state index contributed by atoms with van der Waals surface area (Å²) in [5.41, 5.74) is 2.48. The summed E-state index contributed by atoms with van der Waals surface area (Å²) in [7, 11) is 0. The van der Waals surface area contributed by atoms with Gasteiger partial charge in [-0.3, -0.25) is 0 Å². The molecule has 0 spiro atoms. The van der Waals surface area contributed by atoms with Crippen LogP contribution in [-0.2, 0) is 11.2 Å². The number of rotatable bonds is 4. The molecule has 0 bridgehead atoms. The molecule has 3 heteroatoms. The molecule has 0 aliphatic carbocycles. The number of ether oxygens (including phenoxy) is 2. The van der Waals surface area contributed by atoms with E-state index < -0.39 is 0 Å². The van der Waals surface area contributed by atoms with Gasteiger partial charge in [-0.05, 0) is 42.2 Å². The first-order valence-electron chi connectivity index (χ1n) is 7.42. The zero-order valence-corrected chi connectivity index (χ0v) is 13.5. The number of hydrogen-bond acceptors (Lipinski definition) is 2. The Balaban J connectivity index is 1.73. The fraction of sp³-hybridized carbons (Fsp3) is 0.333. The molecule has 0 aromatic heterocycles. The van der Waals surface area contributed by atoms with Crippen molar-refractivity contribution in [2.45, 2.75) is 32.0 Å². The van der Waals surface area contributed by atoms with Crippen molar-refractivity contribution < 1.29 is 9.47 Å². The molecule has 1 heterocycles. The minimum absolute atomic E-state index is 0.0928. The van der Waals surface area contributed by atoms with Gasteiger partial charge in [-0.2, -0.15) is 0 Å². The first-order valence-corrected chi connectivity index (χ1v) is 8.21. The molecule has 2 aromatic carbocycles. The van der Waals surface area contributed by atoms with Crippen LogP contribution in [0.3, 0.4) is 0 Å². The van der Waals surface area contributed by atoms with Crippen LogP contribution in [0.15, 0.2) is 53.0 Å². The maximum Gasteiger partial charge on any atom is 0.199 e. The van der Waals surface area contributed by atoms with Crippen molar-refractivity contribution in [1.29, 1.82) is 0 Å². The number of benzene rings is 2. The smallest absolute Gasteiger partial charge is 0.199 e. The largest absolute Gasteiger partial charge is 0.465 e. The van der Waals surface area contributed by atoms with Crippen LogP contribution in [0, 0.1) is 0 Å². The Morgan fingerprint density at radius 2 is 1.86 bits per heavy atom. The standard InChI is InChI=1S/C18H19BrO2/c19-16-10-8-14(9-11-16)13-15-5-1-2-6-17(15)21-18-7-3-4-12-20-18/h1-2,5-6,8-11,18H,3-4,7,12-13H2. The highest BCUT2D eigenvalue weighted by Crippen LogP contribution is 2.25. The second-order valence-electron chi connectivity index (χ2n) is 5.32. The molecule has 0 N–H and O–H groups in total. The second-order valence-corrected chi connectivity index (χ2v) is 6.24. The third kappa shape index (κ3) is 4.08. The summed E-state index contributed by atoms with van der Waals surface area (Å²) >= 11 is 3.47. The van der Waals surface area contributed by atoms with Crippen LogP contribution in [0.1, 0.15) is 30.4 Å². The molecule has 0 amide bonds. The van der Waals surface area contributed by atoms with E-state index >= 15 is 0 Å². The van der Waals surface area contributed by atoms with E-state index in [4.69, 9.17) is 9.47 Å². The SMILES string of the molecule is Brc1ccc(Cc2ccccc2OC2CCCCO2)cc1. The van der Waals surface area contributed by atoms with Crippen LogP contribution >= 0.6 is 15.9 Å². The normalized spacial score (nSPS) is 18.4. The van der Waals surface area contributed by atoms with Crippen molar-refractivity contribution in [2.75, 3.05) is 6.61 Å². The van der Waals surface area contributed by atoms with Crippen molar-refractivity contribution in [3.8, 4) is 5.75 Å². The molecule has 1 atom stereocenters. The highest BCUT2D eigenvalue weighted by Gasteiger charge is 2.16. The van der Waals surface area contributed by atoms with Crippen LogP contribution in [0.5, 0.6) is 5.75 Å². The molecule has 2 aromatic rings. The van der Waals surface area contributed by atoms with E-state index in [1.807, 2.05) is 12.1 Å². The van der Waals surface area contributed by atoms with Crippen LogP contribution in [0.2, 0.25) is 0 Å². The van der Waals surface area contributed by atoms with E-state index in [0.717, 1.165) is 36.1 Å². The van der Waals surface area contributed by atoms with E-state index in [1.54, 1.807) is 0 Å². The molecule has 2 nitrogen and oxygen atoms in total. The van der Waals surface area contributed by atoms with Gasteiger partial charge in [0.15, 0.2) is 6.29 Å². The Kier molecular flexibility index (Phi) is 4.94. The lowest BCUT2D eigenvalue weighted by Gasteiger charge is -2.24. The molecule has 3 rings (SSSR count). The van der Waals surface area contributed by atoms with Crippen molar-refractivity contribution in [2.24, 2.45) is 0 Å². The van der Waals surface area contributed by atoms with Gasteiger partial charge in [0.25, 0.3) is 0 Å². The summed E-state index contributed by atoms with van der Waals surface area (Å²) in [5.74, 6) is 0.937. The lowest BCUT2D eigenvalue weighted by atomic mass is 10.0. The average Bonchev–Trinajstić information content (AvgIpc) is 2.52. The van der Waals surface area contributed by atoms with Crippen molar-refractivity contribution in [3.63, 3.8) is 0 Å². The van der Waals surface area contributed by atoms with E-state index in [-0.39, 0.29) is 6.29 Å². The van der Waals surface area contributed by atoms with Gasteiger partial charge in [0.2, 0.25) is 0 Å². The van der Waals surface area contributed by atoms with Gasteiger partial charge in [-0.1, -0.05) is 46.3 Å². The van der Waals surface area contributed by atoms with Gasteiger partial charge >= 0.3 is 0 Å². The summed E-state index contributed by atoms with van der Waals surface area (Å²) in [6.07, 6.45) is 4.08. The Morgan fingerprint density at radius 3 is 2.62 bits per heavy atom. The molecule has 0 saturated carbocycles. The van der Waals surface area contributed by atoms with E-state index in [0.29, 0.717) is 0 Å². The maximum absolute atomic E-state index is 6.05.